The fourth-order valence-corrected chi connectivity index (χ4v) is 3.82. The van der Waals surface area contributed by atoms with Gasteiger partial charge in [-0.3, -0.25) is 9.59 Å². The van der Waals surface area contributed by atoms with Crippen LogP contribution in [0.15, 0.2) is 48.5 Å². The van der Waals surface area contributed by atoms with E-state index in [0.29, 0.717) is 44.7 Å². The van der Waals surface area contributed by atoms with Gasteiger partial charge in [0.1, 0.15) is 0 Å². The van der Waals surface area contributed by atoms with Crippen molar-refractivity contribution in [2.45, 2.75) is 46.3 Å². The number of rotatable bonds is 9. The third-order valence-corrected chi connectivity index (χ3v) is 5.69. The molecule has 4 amide bonds. The third kappa shape index (κ3) is 6.33. The second kappa shape index (κ2) is 11.3. The summed E-state index contributed by atoms with van der Waals surface area (Å²) in [6.45, 7) is 7.50. The van der Waals surface area contributed by atoms with Crippen molar-refractivity contribution in [1.29, 1.82) is 0 Å². The number of nitrogens with zero attached hydrogens (tertiary/aromatic N) is 2. The normalized spacial score (nSPS) is 13.2. The fraction of sp³-hybridized carbons (Fsp3) is 0.400. The summed E-state index contributed by atoms with van der Waals surface area (Å²) in [4.78, 5) is 40.0. The van der Waals surface area contributed by atoms with E-state index in [1.807, 2.05) is 55.1 Å². The minimum Gasteiger partial charge on any atom is -0.339 e. The first-order valence-electron chi connectivity index (χ1n) is 11.3. The number of benzene rings is 2. The highest BCUT2D eigenvalue weighted by atomic mass is 16.2. The summed E-state index contributed by atoms with van der Waals surface area (Å²) in [5.74, 6) is 0.224. The zero-order chi connectivity index (χ0) is 22.9. The van der Waals surface area contributed by atoms with Crippen molar-refractivity contribution in [3.8, 4) is 0 Å². The number of amides is 4. The van der Waals surface area contributed by atoms with Crippen molar-refractivity contribution in [3.63, 3.8) is 0 Å². The summed E-state index contributed by atoms with van der Waals surface area (Å²) in [6, 6.07) is 15.0. The van der Waals surface area contributed by atoms with Gasteiger partial charge in [-0.05, 0) is 49.1 Å². The Balaban J connectivity index is 1.45. The molecule has 7 nitrogen and oxygen atoms in total. The lowest BCUT2D eigenvalue weighted by atomic mass is 10.1. The first-order chi connectivity index (χ1) is 15.5. The van der Waals surface area contributed by atoms with E-state index in [4.69, 9.17) is 0 Å². The quantitative estimate of drug-likeness (QED) is 0.633. The maximum Gasteiger partial charge on any atom is 0.315 e. The monoisotopic (exact) mass is 436 g/mol. The lowest BCUT2D eigenvalue weighted by molar-refractivity contribution is -0.128. The molecule has 1 aliphatic rings. The predicted molar refractivity (Wildman–Crippen MR) is 124 cm³/mol. The maximum atomic E-state index is 12.4. The number of urea groups is 1. The van der Waals surface area contributed by atoms with Crippen LogP contribution in [0.25, 0.3) is 0 Å². The summed E-state index contributed by atoms with van der Waals surface area (Å²) in [5, 5.41) is 5.71. The molecule has 0 atom stereocenters. The van der Waals surface area contributed by atoms with Crippen molar-refractivity contribution < 1.29 is 14.4 Å². The molecule has 170 valence electrons. The van der Waals surface area contributed by atoms with Crippen molar-refractivity contribution in [2.75, 3.05) is 19.6 Å². The largest absolute Gasteiger partial charge is 0.339 e. The zero-order valence-electron chi connectivity index (χ0n) is 18.9. The van der Waals surface area contributed by atoms with Crippen molar-refractivity contribution >= 4 is 17.8 Å². The van der Waals surface area contributed by atoms with Crippen LogP contribution < -0.4 is 10.6 Å². The van der Waals surface area contributed by atoms with Crippen molar-refractivity contribution in [1.82, 2.24) is 20.4 Å². The van der Waals surface area contributed by atoms with Gasteiger partial charge in [0.25, 0.3) is 5.91 Å². The Morgan fingerprint density at radius 1 is 0.938 bits per heavy atom. The molecule has 1 heterocycles. The Hall–Kier alpha value is -3.35. The molecule has 2 aromatic rings. The van der Waals surface area contributed by atoms with Gasteiger partial charge in [0.2, 0.25) is 5.91 Å². The number of hydrogen-bond acceptors (Lipinski definition) is 3. The topological polar surface area (TPSA) is 81.8 Å². The zero-order valence-corrected chi connectivity index (χ0v) is 18.9. The van der Waals surface area contributed by atoms with E-state index in [0.717, 1.165) is 29.7 Å². The molecule has 0 spiro atoms. The molecule has 2 N–H and O–H groups in total. The molecule has 0 unspecified atom stereocenters. The molecular formula is C25H32N4O3. The van der Waals surface area contributed by atoms with Crippen molar-refractivity contribution in [3.05, 3.63) is 70.8 Å². The van der Waals surface area contributed by atoms with Gasteiger partial charge in [0, 0.05) is 51.3 Å². The highest BCUT2D eigenvalue weighted by Crippen LogP contribution is 2.15. The Kier molecular flexibility index (Phi) is 8.25. The highest BCUT2D eigenvalue weighted by molar-refractivity contribution is 5.94. The molecular weight excluding hydrogens is 404 g/mol. The summed E-state index contributed by atoms with van der Waals surface area (Å²) in [7, 11) is 0. The van der Waals surface area contributed by atoms with Gasteiger partial charge in [0.05, 0.1) is 0 Å². The second-order valence-electron chi connectivity index (χ2n) is 7.95. The van der Waals surface area contributed by atoms with Crippen LogP contribution in [0.5, 0.6) is 0 Å². The molecule has 32 heavy (non-hydrogen) atoms. The predicted octanol–water partition coefficient (Wildman–Crippen LogP) is 3.29. The molecule has 0 saturated carbocycles. The van der Waals surface area contributed by atoms with Crippen LogP contribution in [0.4, 0.5) is 4.79 Å². The van der Waals surface area contributed by atoms with Crippen LogP contribution in [0.2, 0.25) is 0 Å². The van der Waals surface area contributed by atoms with E-state index in [-0.39, 0.29) is 17.8 Å². The molecule has 0 aromatic heterocycles. The molecule has 1 fully saturated rings. The lowest BCUT2D eigenvalue weighted by Gasteiger charge is -2.18. The van der Waals surface area contributed by atoms with Crippen LogP contribution in [-0.4, -0.2) is 47.3 Å². The Morgan fingerprint density at radius 3 is 2.22 bits per heavy atom. The minimum absolute atomic E-state index is 0.0172. The van der Waals surface area contributed by atoms with Gasteiger partial charge < -0.3 is 20.4 Å². The Labute approximate surface area is 189 Å². The van der Waals surface area contributed by atoms with Gasteiger partial charge in [-0.25, -0.2) is 4.79 Å². The average molecular weight is 437 g/mol. The van der Waals surface area contributed by atoms with E-state index in [2.05, 4.69) is 10.6 Å². The van der Waals surface area contributed by atoms with Gasteiger partial charge in [-0.1, -0.05) is 36.4 Å². The van der Waals surface area contributed by atoms with Crippen LogP contribution in [-0.2, 0) is 24.4 Å². The highest BCUT2D eigenvalue weighted by Gasteiger charge is 2.20. The SMILES string of the molecule is CCN(CC)C(=O)c1ccc(CNC(=O)NCc2cccc(CN3CCCC3=O)c2)cc1. The van der Waals surface area contributed by atoms with Crippen LogP contribution >= 0.6 is 0 Å². The summed E-state index contributed by atoms with van der Waals surface area (Å²) in [6.07, 6.45) is 1.56. The first-order valence-corrected chi connectivity index (χ1v) is 11.3. The third-order valence-electron chi connectivity index (χ3n) is 5.69. The van der Waals surface area contributed by atoms with Crippen molar-refractivity contribution in [2.24, 2.45) is 0 Å². The summed E-state index contributed by atoms with van der Waals surface area (Å²) < 4.78 is 0. The van der Waals surface area contributed by atoms with E-state index >= 15 is 0 Å². The smallest absolute Gasteiger partial charge is 0.315 e. The molecule has 2 aromatic carbocycles. The molecule has 1 saturated heterocycles. The van der Waals surface area contributed by atoms with Gasteiger partial charge in [-0.2, -0.15) is 0 Å². The lowest BCUT2D eigenvalue weighted by Crippen LogP contribution is -2.34. The molecule has 0 aliphatic carbocycles. The number of hydrogen-bond donors (Lipinski definition) is 2. The molecule has 0 radical (unpaired) electrons. The van der Waals surface area contributed by atoms with E-state index < -0.39 is 0 Å². The molecule has 3 rings (SSSR count). The number of carbonyl (C=O) groups is 3. The Bertz CT molecular complexity index is 938. The maximum absolute atomic E-state index is 12.4. The fourth-order valence-electron chi connectivity index (χ4n) is 3.82. The van der Waals surface area contributed by atoms with Gasteiger partial charge in [0.15, 0.2) is 0 Å². The minimum atomic E-state index is -0.256. The average Bonchev–Trinajstić information content (AvgIpc) is 3.21. The molecule has 0 bridgehead atoms. The molecule has 1 aliphatic heterocycles. The summed E-state index contributed by atoms with van der Waals surface area (Å²) in [5.41, 5.74) is 3.63. The number of likely N-dealkylation sites (tertiary alicyclic amines) is 1. The standard InChI is InChI=1S/C25H32N4O3/c1-3-28(4-2)24(31)22-12-10-19(11-13-22)16-26-25(32)27-17-20-7-5-8-21(15-20)18-29-14-6-9-23(29)30/h5,7-8,10-13,15H,3-4,6,9,14,16-18H2,1-2H3,(H2,26,27,32). The second-order valence-corrected chi connectivity index (χ2v) is 7.95. The van der Waals surface area contributed by atoms with Crippen LogP contribution in [0, 0.1) is 0 Å². The van der Waals surface area contributed by atoms with Gasteiger partial charge >= 0.3 is 6.03 Å². The van der Waals surface area contributed by atoms with E-state index in [9.17, 15) is 14.4 Å². The van der Waals surface area contributed by atoms with Crippen LogP contribution in [0.1, 0.15) is 53.7 Å². The molecule has 7 heteroatoms. The van der Waals surface area contributed by atoms with Crippen LogP contribution in [0.3, 0.4) is 0 Å². The number of carbonyl (C=O) groups excluding carboxylic acids is 3. The Morgan fingerprint density at radius 2 is 1.59 bits per heavy atom. The first kappa shape index (κ1) is 23.3. The van der Waals surface area contributed by atoms with Gasteiger partial charge in [-0.15, -0.1) is 0 Å². The summed E-state index contributed by atoms with van der Waals surface area (Å²) >= 11 is 0. The van der Waals surface area contributed by atoms with E-state index in [1.54, 1.807) is 17.0 Å². The number of nitrogens with one attached hydrogen (secondary N) is 2. The van der Waals surface area contributed by atoms with E-state index in [1.165, 1.54) is 0 Å².